The van der Waals surface area contributed by atoms with Crippen LogP contribution in [0.5, 0.6) is 0 Å². The molecule has 1 aliphatic rings. The van der Waals surface area contributed by atoms with E-state index in [1.165, 1.54) is 12.8 Å². The number of nitrogens with one attached hydrogen (secondary N) is 1. The summed E-state index contributed by atoms with van der Waals surface area (Å²) in [4.78, 5) is 12.0. The molecule has 1 fully saturated rings. The van der Waals surface area contributed by atoms with Crippen molar-refractivity contribution in [3.63, 3.8) is 0 Å². The van der Waals surface area contributed by atoms with Crippen molar-refractivity contribution in [1.82, 2.24) is 5.32 Å². The smallest absolute Gasteiger partial charge is 0.137 e. The Kier molecular flexibility index (Phi) is 5.68. The number of piperidine rings is 1. The highest BCUT2D eigenvalue weighted by molar-refractivity contribution is 6.42. The fraction of sp³-hybridized carbons (Fsp3) is 0.533. The molecule has 1 heterocycles. The Bertz CT molecular complexity index is 442. The van der Waals surface area contributed by atoms with Gasteiger partial charge in [0.25, 0.3) is 0 Å². The quantitative estimate of drug-likeness (QED) is 0.894. The first-order valence-electron chi connectivity index (χ1n) is 6.81. The van der Waals surface area contributed by atoms with Crippen LogP contribution in [0, 0.1) is 5.92 Å². The van der Waals surface area contributed by atoms with Crippen LogP contribution in [-0.4, -0.2) is 18.9 Å². The molecule has 1 unspecified atom stereocenters. The summed E-state index contributed by atoms with van der Waals surface area (Å²) in [5, 5.41) is 4.43. The van der Waals surface area contributed by atoms with Gasteiger partial charge in [0.05, 0.1) is 10.0 Å². The first-order chi connectivity index (χ1) is 9.15. The van der Waals surface area contributed by atoms with Crippen LogP contribution in [-0.2, 0) is 11.2 Å². The molecule has 0 aromatic heterocycles. The normalized spacial score (nSPS) is 19.4. The van der Waals surface area contributed by atoms with Crippen molar-refractivity contribution < 1.29 is 4.79 Å². The average Bonchev–Trinajstić information content (AvgIpc) is 2.42. The number of hydrogen-bond donors (Lipinski definition) is 1. The Hall–Kier alpha value is -0.570. The van der Waals surface area contributed by atoms with Gasteiger partial charge in [0.2, 0.25) is 0 Å². The fourth-order valence-corrected chi connectivity index (χ4v) is 2.82. The summed E-state index contributed by atoms with van der Waals surface area (Å²) >= 11 is 11.8. The molecule has 1 N–H and O–H groups in total. The molecule has 0 radical (unpaired) electrons. The predicted octanol–water partition coefficient (Wildman–Crippen LogP) is 3.88. The third kappa shape index (κ3) is 4.79. The lowest BCUT2D eigenvalue weighted by molar-refractivity contribution is -0.118. The van der Waals surface area contributed by atoms with Gasteiger partial charge in [0, 0.05) is 12.8 Å². The third-order valence-electron chi connectivity index (χ3n) is 3.62. The number of Topliss-reactive ketones (excluding diaryl/α,β-unsaturated/α-hetero) is 1. The van der Waals surface area contributed by atoms with Gasteiger partial charge < -0.3 is 5.32 Å². The maximum absolute atomic E-state index is 12.0. The molecule has 0 spiro atoms. The molecule has 1 aliphatic heterocycles. The molecule has 0 saturated carbocycles. The van der Waals surface area contributed by atoms with Crippen LogP contribution in [0.25, 0.3) is 0 Å². The Morgan fingerprint density at radius 2 is 2.16 bits per heavy atom. The van der Waals surface area contributed by atoms with Gasteiger partial charge in [-0.15, -0.1) is 0 Å². The Balaban J connectivity index is 1.78. The van der Waals surface area contributed by atoms with Gasteiger partial charge in [-0.2, -0.15) is 0 Å². The highest BCUT2D eigenvalue weighted by Gasteiger charge is 2.14. The van der Waals surface area contributed by atoms with Gasteiger partial charge in [0.15, 0.2) is 0 Å². The Morgan fingerprint density at radius 3 is 2.84 bits per heavy atom. The molecule has 104 valence electrons. The molecular weight excluding hydrogens is 281 g/mol. The molecule has 0 amide bonds. The molecule has 0 bridgehead atoms. The lowest BCUT2D eigenvalue weighted by Gasteiger charge is -2.22. The van der Waals surface area contributed by atoms with Crippen LogP contribution in [0.1, 0.15) is 31.2 Å². The van der Waals surface area contributed by atoms with Crippen molar-refractivity contribution in [2.24, 2.45) is 5.92 Å². The van der Waals surface area contributed by atoms with Crippen LogP contribution in [0.4, 0.5) is 0 Å². The van der Waals surface area contributed by atoms with Crippen molar-refractivity contribution >= 4 is 29.0 Å². The van der Waals surface area contributed by atoms with E-state index in [4.69, 9.17) is 23.2 Å². The maximum atomic E-state index is 12.0. The third-order valence-corrected chi connectivity index (χ3v) is 4.35. The molecule has 2 rings (SSSR count). The van der Waals surface area contributed by atoms with Crippen LogP contribution in [0.2, 0.25) is 10.0 Å². The van der Waals surface area contributed by atoms with E-state index < -0.39 is 0 Å². The molecule has 1 saturated heterocycles. The van der Waals surface area contributed by atoms with Gasteiger partial charge in [-0.3, -0.25) is 4.79 Å². The molecule has 1 aromatic rings. The number of ketones is 1. The summed E-state index contributed by atoms with van der Waals surface area (Å²) in [6.45, 7) is 2.17. The largest absolute Gasteiger partial charge is 0.316 e. The number of rotatable bonds is 5. The minimum atomic E-state index is 0.281. The summed E-state index contributed by atoms with van der Waals surface area (Å²) in [5.41, 5.74) is 0.946. The summed E-state index contributed by atoms with van der Waals surface area (Å²) in [5.74, 6) is 0.940. The number of carbonyl (C=O) groups excluding carboxylic acids is 1. The zero-order valence-corrected chi connectivity index (χ0v) is 12.4. The predicted molar refractivity (Wildman–Crippen MR) is 80.0 cm³/mol. The summed E-state index contributed by atoms with van der Waals surface area (Å²) in [7, 11) is 0. The van der Waals surface area contributed by atoms with Gasteiger partial charge >= 0.3 is 0 Å². The van der Waals surface area contributed by atoms with Crippen LogP contribution in [0.3, 0.4) is 0 Å². The van der Waals surface area contributed by atoms with Crippen molar-refractivity contribution in [1.29, 1.82) is 0 Å². The molecule has 1 aromatic carbocycles. The fourth-order valence-electron chi connectivity index (χ4n) is 2.50. The number of benzene rings is 1. The van der Waals surface area contributed by atoms with E-state index in [2.05, 4.69) is 5.32 Å². The van der Waals surface area contributed by atoms with E-state index in [1.54, 1.807) is 12.1 Å². The molecule has 2 nitrogen and oxygen atoms in total. The highest BCUT2D eigenvalue weighted by atomic mass is 35.5. The second-order valence-corrected chi connectivity index (χ2v) is 6.03. The molecule has 19 heavy (non-hydrogen) atoms. The zero-order valence-electron chi connectivity index (χ0n) is 10.9. The number of hydrogen-bond acceptors (Lipinski definition) is 2. The lowest BCUT2D eigenvalue weighted by Crippen LogP contribution is -2.30. The molecule has 1 atom stereocenters. The van der Waals surface area contributed by atoms with Gasteiger partial charge in [-0.05, 0) is 56.0 Å². The number of carbonyl (C=O) groups is 1. The van der Waals surface area contributed by atoms with E-state index in [0.29, 0.717) is 28.8 Å². The van der Waals surface area contributed by atoms with Gasteiger partial charge in [0.1, 0.15) is 5.78 Å². The van der Waals surface area contributed by atoms with Gasteiger partial charge in [-0.1, -0.05) is 29.3 Å². The Morgan fingerprint density at radius 1 is 1.32 bits per heavy atom. The van der Waals surface area contributed by atoms with Crippen molar-refractivity contribution in [3.05, 3.63) is 33.8 Å². The minimum Gasteiger partial charge on any atom is -0.316 e. The minimum absolute atomic E-state index is 0.281. The molecular formula is C15H19Cl2NO. The monoisotopic (exact) mass is 299 g/mol. The first kappa shape index (κ1) is 14.8. The first-order valence-corrected chi connectivity index (χ1v) is 7.57. The van der Waals surface area contributed by atoms with Crippen LogP contribution < -0.4 is 5.32 Å². The van der Waals surface area contributed by atoms with Crippen LogP contribution in [0.15, 0.2) is 18.2 Å². The highest BCUT2D eigenvalue weighted by Crippen LogP contribution is 2.23. The topological polar surface area (TPSA) is 29.1 Å². The van der Waals surface area contributed by atoms with E-state index in [9.17, 15) is 4.79 Å². The maximum Gasteiger partial charge on any atom is 0.137 e. The van der Waals surface area contributed by atoms with E-state index in [-0.39, 0.29) is 5.78 Å². The van der Waals surface area contributed by atoms with Gasteiger partial charge in [-0.25, -0.2) is 0 Å². The van der Waals surface area contributed by atoms with E-state index in [1.807, 2.05) is 6.07 Å². The van der Waals surface area contributed by atoms with Crippen molar-refractivity contribution in [2.75, 3.05) is 13.1 Å². The summed E-state index contributed by atoms with van der Waals surface area (Å²) < 4.78 is 0. The zero-order chi connectivity index (χ0) is 13.7. The second kappa shape index (κ2) is 7.28. The van der Waals surface area contributed by atoms with Crippen LogP contribution >= 0.6 is 23.2 Å². The van der Waals surface area contributed by atoms with Crippen molar-refractivity contribution in [3.8, 4) is 0 Å². The summed E-state index contributed by atoms with van der Waals surface area (Å²) in [6.07, 6.45) is 4.58. The number of halogens is 2. The standard InChI is InChI=1S/C15H19Cl2NO/c16-14-6-4-12(9-15(14)17)8-13(19)5-3-11-2-1-7-18-10-11/h4,6,9,11,18H,1-3,5,7-8,10H2. The molecule has 0 aliphatic carbocycles. The lowest BCUT2D eigenvalue weighted by atomic mass is 9.92. The van der Waals surface area contributed by atoms with Crippen molar-refractivity contribution in [2.45, 2.75) is 32.1 Å². The average molecular weight is 300 g/mol. The summed E-state index contributed by atoms with van der Waals surface area (Å²) in [6, 6.07) is 5.40. The SMILES string of the molecule is O=C(CCC1CCCNC1)Cc1ccc(Cl)c(Cl)c1. The Labute approximate surface area is 124 Å². The van der Waals surface area contributed by atoms with E-state index >= 15 is 0 Å². The molecule has 4 heteroatoms. The van der Waals surface area contributed by atoms with E-state index in [0.717, 1.165) is 25.1 Å². The second-order valence-electron chi connectivity index (χ2n) is 5.21.